The van der Waals surface area contributed by atoms with Crippen molar-refractivity contribution in [3.8, 4) is 0 Å². The van der Waals surface area contributed by atoms with Crippen LogP contribution in [0.3, 0.4) is 0 Å². The Hall–Kier alpha value is -0.700. The van der Waals surface area contributed by atoms with Gasteiger partial charge in [0.1, 0.15) is 0 Å². The van der Waals surface area contributed by atoms with E-state index in [1.165, 1.54) is 0 Å². The topological polar surface area (TPSA) is 12.0 Å². The molecule has 0 saturated carbocycles. The minimum absolute atomic E-state index is 0.641. The molecule has 0 fully saturated rings. The maximum absolute atomic E-state index is 6.09. The Bertz CT molecular complexity index is 529. The first-order valence-electron chi connectivity index (χ1n) is 5.09. The van der Waals surface area contributed by atoms with Gasteiger partial charge in [-0.3, -0.25) is 0 Å². The van der Waals surface area contributed by atoms with Crippen LogP contribution in [0.25, 0.3) is 0 Å². The molecule has 0 unspecified atom stereocenters. The van der Waals surface area contributed by atoms with Crippen molar-refractivity contribution >= 4 is 44.8 Å². The van der Waals surface area contributed by atoms with Gasteiger partial charge in [-0.2, -0.15) is 0 Å². The number of nitrogens with one attached hydrogen (secondary N) is 1. The molecule has 0 atom stereocenters. The zero-order valence-electron chi connectivity index (χ0n) is 8.88. The van der Waals surface area contributed by atoms with Crippen LogP contribution in [0.4, 0.5) is 5.69 Å². The molecule has 0 aliphatic heterocycles. The number of halogens is 3. The summed E-state index contributed by atoms with van der Waals surface area (Å²) in [5, 5.41) is 4.72. The van der Waals surface area contributed by atoms with Crippen LogP contribution in [0, 0.1) is 0 Å². The number of rotatable bonds is 3. The van der Waals surface area contributed by atoms with Crippen LogP contribution in [0.2, 0.25) is 10.0 Å². The van der Waals surface area contributed by atoms with Crippen molar-refractivity contribution in [1.29, 1.82) is 0 Å². The molecule has 0 heterocycles. The molecule has 0 spiro atoms. The van der Waals surface area contributed by atoms with E-state index in [1.54, 1.807) is 12.1 Å². The van der Waals surface area contributed by atoms with Crippen molar-refractivity contribution in [2.24, 2.45) is 0 Å². The summed E-state index contributed by atoms with van der Waals surface area (Å²) in [6.45, 7) is 0.641. The molecule has 17 heavy (non-hydrogen) atoms. The Kier molecular flexibility index (Phi) is 4.32. The summed E-state index contributed by atoms with van der Waals surface area (Å²) >= 11 is 15.5. The fourth-order valence-corrected chi connectivity index (χ4v) is 2.28. The van der Waals surface area contributed by atoms with E-state index in [0.29, 0.717) is 16.6 Å². The summed E-state index contributed by atoms with van der Waals surface area (Å²) in [5.74, 6) is 0. The van der Waals surface area contributed by atoms with Gasteiger partial charge in [-0.05, 0) is 51.8 Å². The van der Waals surface area contributed by atoms with Crippen LogP contribution in [0.15, 0.2) is 46.9 Å². The summed E-state index contributed by atoms with van der Waals surface area (Å²) < 4.78 is 1.03. The van der Waals surface area contributed by atoms with Gasteiger partial charge in [-0.1, -0.05) is 35.3 Å². The average Bonchev–Trinajstić information content (AvgIpc) is 2.32. The normalized spacial score (nSPS) is 10.3. The summed E-state index contributed by atoms with van der Waals surface area (Å²) in [6.07, 6.45) is 0. The zero-order valence-corrected chi connectivity index (χ0v) is 12.0. The molecule has 0 amide bonds. The van der Waals surface area contributed by atoms with Crippen molar-refractivity contribution in [2.45, 2.75) is 6.54 Å². The molecule has 0 radical (unpaired) electrons. The molecule has 88 valence electrons. The van der Waals surface area contributed by atoms with E-state index < -0.39 is 0 Å². The van der Waals surface area contributed by atoms with Gasteiger partial charge in [0.2, 0.25) is 0 Å². The SMILES string of the molecule is Clc1ccc(Cl)c(CNc2ccccc2Br)c1. The molecule has 1 N–H and O–H groups in total. The second kappa shape index (κ2) is 5.76. The van der Waals surface area contributed by atoms with Crippen molar-refractivity contribution in [2.75, 3.05) is 5.32 Å². The largest absolute Gasteiger partial charge is 0.380 e. The second-order valence-corrected chi connectivity index (χ2v) is 5.27. The van der Waals surface area contributed by atoms with Crippen molar-refractivity contribution in [3.63, 3.8) is 0 Å². The third-order valence-electron chi connectivity index (χ3n) is 2.35. The quantitative estimate of drug-likeness (QED) is 0.797. The van der Waals surface area contributed by atoms with E-state index in [4.69, 9.17) is 23.2 Å². The highest BCUT2D eigenvalue weighted by atomic mass is 79.9. The number of hydrogen-bond donors (Lipinski definition) is 1. The van der Waals surface area contributed by atoms with Crippen molar-refractivity contribution < 1.29 is 0 Å². The van der Waals surface area contributed by atoms with Gasteiger partial charge in [-0.15, -0.1) is 0 Å². The summed E-state index contributed by atoms with van der Waals surface area (Å²) in [7, 11) is 0. The van der Waals surface area contributed by atoms with Crippen LogP contribution in [0.1, 0.15) is 5.56 Å². The first-order valence-corrected chi connectivity index (χ1v) is 6.64. The highest BCUT2D eigenvalue weighted by Gasteiger charge is 2.02. The third kappa shape index (κ3) is 3.38. The van der Waals surface area contributed by atoms with E-state index in [-0.39, 0.29) is 0 Å². The van der Waals surface area contributed by atoms with Gasteiger partial charge in [0.15, 0.2) is 0 Å². The molecule has 4 heteroatoms. The van der Waals surface area contributed by atoms with Gasteiger partial charge < -0.3 is 5.32 Å². The zero-order chi connectivity index (χ0) is 12.3. The van der Waals surface area contributed by atoms with E-state index in [2.05, 4.69) is 21.2 Å². The smallest absolute Gasteiger partial charge is 0.0487 e. The van der Waals surface area contributed by atoms with Crippen LogP contribution in [-0.2, 0) is 6.54 Å². The lowest BCUT2D eigenvalue weighted by atomic mass is 10.2. The monoisotopic (exact) mass is 329 g/mol. The van der Waals surface area contributed by atoms with Crippen LogP contribution in [0.5, 0.6) is 0 Å². The highest BCUT2D eigenvalue weighted by Crippen LogP contribution is 2.25. The summed E-state index contributed by atoms with van der Waals surface area (Å²) in [6, 6.07) is 13.4. The maximum atomic E-state index is 6.09. The molecule has 2 rings (SSSR count). The van der Waals surface area contributed by atoms with Crippen molar-refractivity contribution in [3.05, 3.63) is 62.5 Å². The van der Waals surface area contributed by atoms with Crippen LogP contribution >= 0.6 is 39.1 Å². The molecule has 2 aromatic rings. The molecule has 0 saturated heterocycles. The molecule has 0 aliphatic carbocycles. The Morgan fingerprint density at radius 1 is 1.06 bits per heavy atom. The number of benzene rings is 2. The lowest BCUT2D eigenvalue weighted by Gasteiger charge is -2.10. The van der Waals surface area contributed by atoms with Crippen molar-refractivity contribution in [1.82, 2.24) is 0 Å². The minimum Gasteiger partial charge on any atom is -0.380 e. The fourth-order valence-electron chi connectivity index (χ4n) is 1.47. The Balaban J connectivity index is 2.12. The summed E-state index contributed by atoms with van der Waals surface area (Å²) in [4.78, 5) is 0. The van der Waals surface area contributed by atoms with Gasteiger partial charge in [0, 0.05) is 26.8 Å². The van der Waals surface area contributed by atoms with E-state index in [1.807, 2.05) is 30.3 Å². The number of anilines is 1. The Morgan fingerprint density at radius 3 is 2.59 bits per heavy atom. The third-order valence-corrected chi connectivity index (χ3v) is 3.65. The number of para-hydroxylation sites is 1. The van der Waals surface area contributed by atoms with E-state index in [0.717, 1.165) is 15.7 Å². The molecule has 1 nitrogen and oxygen atoms in total. The average molecular weight is 331 g/mol. The second-order valence-electron chi connectivity index (χ2n) is 3.57. The molecular formula is C13H10BrCl2N. The van der Waals surface area contributed by atoms with Gasteiger partial charge in [0.05, 0.1) is 0 Å². The molecular weight excluding hydrogens is 321 g/mol. The van der Waals surface area contributed by atoms with E-state index in [9.17, 15) is 0 Å². The lowest BCUT2D eigenvalue weighted by Crippen LogP contribution is -2.00. The maximum Gasteiger partial charge on any atom is 0.0487 e. The molecule has 0 bridgehead atoms. The summed E-state index contributed by atoms with van der Waals surface area (Å²) in [5.41, 5.74) is 2.01. The Morgan fingerprint density at radius 2 is 1.82 bits per heavy atom. The molecule has 0 aliphatic rings. The van der Waals surface area contributed by atoms with Crippen LogP contribution in [-0.4, -0.2) is 0 Å². The molecule has 2 aromatic carbocycles. The predicted molar refractivity (Wildman–Crippen MR) is 77.9 cm³/mol. The van der Waals surface area contributed by atoms with Gasteiger partial charge in [-0.25, -0.2) is 0 Å². The van der Waals surface area contributed by atoms with Gasteiger partial charge >= 0.3 is 0 Å². The first-order chi connectivity index (χ1) is 8.16. The predicted octanol–water partition coefficient (Wildman–Crippen LogP) is 5.37. The minimum atomic E-state index is 0.641. The highest BCUT2D eigenvalue weighted by molar-refractivity contribution is 9.10. The van der Waals surface area contributed by atoms with Crippen LogP contribution < -0.4 is 5.32 Å². The standard InChI is InChI=1S/C13H10BrCl2N/c14-11-3-1-2-4-13(11)17-8-9-7-10(15)5-6-12(9)16/h1-7,17H,8H2. The van der Waals surface area contributed by atoms with Gasteiger partial charge in [0.25, 0.3) is 0 Å². The fraction of sp³-hybridized carbons (Fsp3) is 0.0769. The Labute approximate surface area is 119 Å². The molecule has 0 aromatic heterocycles. The van der Waals surface area contributed by atoms with E-state index >= 15 is 0 Å². The lowest BCUT2D eigenvalue weighted by molar-refractivity contribution is 1.15. The first kappa shape index (κ1) is 12.7. The number of hydrogen-bond acceptors (Lipinski definition) is 1.